The fraction of sp³-hybridized carbons (Fsp3) is 0.444. The molecule has 92 valence electrons. The summed E-state index contributed by atoms with van der Waals surface area (Å²) in [5, 5.41) is 10.5. The first-order valence-electron chi connectivity index (χ1n) is 4.92. The maximum Gasteiger partial charge on any atom is 0.255 e. The molecule has 0 N–H and O–H groups in total. The fourth-order valence-corrected chi connectivity index (χ4v) is 2.55. The van der Waals surface area contributed by atoms with Crippen molar-refractivity contribution >= 4 is 22.9 Å². The number of morpholine rings is 1. The standard InChI is InChI=1S/C9H10ClN3O3S/c10-9-11-3-8(17-9)5-12-1-2-16-6-7(12)4-13(14)15/h3-4H,1-2,5-6H2/b7-4+. The van der Waals surface area contributed by atoms with Gasteiger partial charge in [-0.15, -0.1) is 11.3 Å². The minimum atomic E-state index is -0.462. The number of thiazole rings is 1. The Balaban J connectivity index is 2.09. The molecule has 1 aliphatic heterocycles. The van der Waals surface area contributed by atoms with Crippen LogP contribution in [0.5, 0.6) is 0 Å². The Hall–Kier alpha value is -1.18. The molecule has 1 fully saturated rings. The molecule has 0 aromatic carbocycles. The van der Waals surface area contributed by atoms with Gasteiger partial charge in [-0.2, -0.15) is 0 Å². The van der Waals surface area contributed by atoms with Gasteiger partial charge in [-0.05, 0) is 0 Å². The third-order valence-corrected chi connectivity index (χ3v) is 3.39. The van der Waals surface area contributed by atoms with E-state index in [9.17, 15) is 10.1 Å². The zero-order valence-corrected chi connectivity index (χ0v) is 10.4. The van der Waals surface area contributed by atoms with Crippen molar-refractivity contribution in [3.8, 4) is 0 Å². The summed E-state index contributed by atoms with van der Waals surface area (Å²) < 4.78 is 5.68. The Kier molecular flexibility index (Phi) is 3.93. The molecule has 0 atom stereocenters. The molecule has 0 bridgehead atoms. The van der Waals surface area contributed by atoms with E-state index in [-0.39, 0.29) is 6.61 Å². The van der Waals surface area contributed by atoms with Crippen LogP contribution in [0.2, 0.25) is 4.47 Å². The van der Waals surface area contributed by atoms with E-state index >= 15 is 0 Å². The van der Waals surface area contributed by atoms with Crippen LogP contribution < -0.4 is 0 Å². The van der Waals surface area contributed by atoms with Crippen molar-refractivity contribution < 1.29 is 9.66 Å². The average molecular weight is 276 g/mol. The molecule has 8 heteroatoms. The molecule has 2 heterocycles. The maximum absolute atomic E-state index is 10.5. The number of nitro groups is 1. The zero-order chi connectivity index (χ0) is 12.3. The van der Waals surface area contributed by atoms with Gasteiger partial charge < -0.3 is 9.64 Å². The van der Waals surface area contributed by atoms with Crippen LogP contribution in [0.4, 0.5) is 0 Å². The van der Waals surface area contributed by atoms with E-state index in [0.29, 0.717) is 29.9 Å². The highest BCUT2D eigenvalue weighted by Gasteiger charge is 2.19. The van der Waals surface area contributed by atoms with Crippen molar-refractivity contribution in [2.75, 3.05) is 19.8 Å². The largest absolute Gasteiger partial charge is 0.373 e. The van der Waals surface area contributed by atoms with Gasteiger partial charge >= 0.3 is 0 Å². The quantitative estimate of drug-likeness (QED) is 0.621. The highest BCUT2D eigenvalue weighted by atomic mass is 35.5. The van der Waals surface area contributed by atoms with E-state index in [4.69, 9.17) is 16.3 Å². The molecule has 0 aliphatic carbocycles. The van der Waals surface area contributed by atoms with Crippen LogP contribution >= 0.6 is 22.9 Å². The Morgan fingerprint density at radius 1 is 1.76 bits per heavy atom. The van der Waals surface area contributed by atoms with E-state index in [1.165, 1.54) is 11.3 Å². The SMILES string of the molecule is O=[N+]([O-])/C=C1\COCCN1Cc1cnc(Cl)s1. The minimum absolute atomic E-state index is 0.271. The molecule has 6 nitrogen and oxygen atoms in total. The molecule has 0 radical (unpaired) electrons. The number of halogens is 1. The van der Waals surface area contributed by atoms with Gasteiger partial charge in [-0.3, -0.25) is 10.1 Å². The molecule has 0 spiro atoms. The second kappa shape index (κ2) is 5.44. The molecule has 1 aliphatic rings. The van der Waals surface area contributed by atoms with Crippen molar-refractivity contribution in [2.24, 2.45) is 0 Å². The predicted molar refractivity (Wildman–Crippen MR) is 63.4 cm³/mol. The van der Waals surface area contributed by atoms with Gasteiger partial charge in [0.25, 0.3) is 6.20 Å². The number of aromatic nitrogens is 1. The van der Waals surface area contributed by atoms with Crippen molar-refractivity contribution in [3.63, 3.8) is 0 Å². The highest BCUT2D eigenvalue weighted by Crippen LogP contribution is 2.22. The van der Waals surface area contributed by atoms with E-state index in [2.05, 4.69) is 4.98 Å². The Labute approximate surface area is 107 Å². The normalized spacial score (nSPS) is 18.6. The first-order valence-corrected chi connectivity index (χ1v) is 6.11. The predicted octanol–water partition coefficient (Wildman–Crippen LogP) is 1.75. The van der Waals surface area contributed by atoms with Crippen LogP contribution in [0, 0.1) is 10.1 Å². The topological polar surface area (TPSA) is 68.5 Å². The van der Waals surface area contributed by atoms with Crippen LogP contribution in [-0.2, 0) is 11.3 Å². The first kappa shape index (κ1) is 12.3. The maximum atomic E-state index is 10.5. The number of hydrogen-bond acceptors (Lipinski definition) is 6. The lowest BCUT2D eigenvalue weighted by Crippen LogP contribution is -2.34. The number of nitrogens with zero attached hydrogens (tertiary/aromatic N) is 3. The van der Waals surface area contributed by atoms with E-state index in [0.717, 1.165) is 11.1 Å². The van der Waals surface area contributed by atoms with Gasteiger partial charge in [0.1, 0.15) is 5.70 Å². The van der Waals surface area contributed by atoms with Gasteiger partial charge in [-0.25, -0.2) is 4.98 Å². The van der Waals surface area contributed by atoms with E-state index in [1.807, 2.05) is 4.90 Å². The molecule has 0 amide bonds. The molecular formula is C9H10ClN3O3S. The highest BCUT2D eigenvalue weighted by molar-refractivity contribution is 7.15. The number of ether oxygens (including phenoxy) is 1. The summed E-state index contributed by atoms with van der Waals surface area (Å²) in [7, 11) is 0. The smallest absolute Gasteiger partial charge is 0.255 e. The van der Waals surface area contributed by atoms with Gasteiger partial charge in [0.05, 0.1) is 24.7 Å². The van der Waals surface area contributed by atoms with E-state index in [1.54, 1.807) is 6.20 Å². The van der Waals surface area contributed by atoms with Gasteiger partial charge in [0, 0.05) is 17.6 Å². The van der Waals surface area contributed by atoms with Crippen LogP contribution in [0.1, 0.15) is 4.88 Å². The van der Waals surface area contributed by atoms with Gasteiger partial charge in [0.15, 0.2) is 4.47 Å². The third-order valence-electron chi connectivity index (χ3n) is 2.29. The summed E-state index contributed by atoms with van der Waals surface area (Å²) in [4.78, 5) is 16.9. The summed E-state index contributed by atoms with van der Waals surface area (Å²) >= 11 is 7.12. The van der Waals surface area contributed by atoms with Crippen LogP contribution in [0.25, 0.3) is 0 Å². The minimum Gasteiger partial charge on any atom is -0.373 e. The number of rotatable bonds is 3. The summed E-state index contributed by atoms with van der Waals surface area (Å²) in [5.74, 6) is 0. The van der Waals surface area contributed by atoms with Crippen molar-refractivity contribution in [1.82, 2.24) is 9.88 Å². The van der Waals surface area contributed by atoms with Crippen molar-refractivity contribution in [2.45, 2.75) is 6.54 Å². The summed E-state index contributed by atoms with van der Waals surface area (Å²) in [6.45, 7) is 2.05. The monoisotopic (exact) mass is 275 g/mol. The van der Waals surface area contributed by atoms with E-state index < -0.39 is 4.92 Å². The molecule has 2 rings (SSSR count). The second-order valence-electron chi connectivity index (χ2n) is 3.46. The van der Waals surface area contributed by atoms with Crippen molar-refractivity contribution in [3.05, 3.63) is 37.6 Å². The zero-order valence-electron chi connectivity index (χ0n) is 8.84. The molecular weight excluding hydrogens is 266 g/mol. The lowest BCUT2D eigenvalue weighted by atomic mass is 10.3. The molecule has 0 saturated carbocycles. The molecule has 1 aromatic rings. The lowest BCUT2D eigenvalue weighted by Gasteiger charge is -2.29. The number of hydrogen-bond donors (Lipinski definition) is 0. The van der Waals surface area contributed by atoms with Crippen molar-refractivity contribution in [1.29, 1.82) is 0 Å². The summed E-state index contributed by atoms with van der Waals surface area (Å²) in [5.41, 5.74) is 0.575. The molecule has 17 heavy (non-hydrogen) atoms. The van der Waals surface area contributed by atoms with Crippen LogP contribution in [0.15, 0.2) is 18.1 Å². The lowest BCUT2D eigenvalue weighted by molar-refractivity contribution is -0.405. The molecule has 1 saturated heterocycles. The Bertz CT molecular complexity index is 448. The van der Waals surface area contributed by atoms with Crippen LogP contribution in [-0.4, -0.2) is 34.6 Å². The summed E-state index contributed by atoms with van der Waals surface area (Å²) in [6.07, 6.45) is 2.67. The van der Waals surface area contributed by atoms with Gasteiger partial charge in [-0.1, -0.05) is 11.6 Å². The Morgan fingerprint density at radius 2 is 2.59 bits per heavy atom. The molecule has 0 unspecified atom stereocenters. The Morgan fingerprint density at radius 3 is 3.24 bits per heavy atom. The second-order valence-corrected chi connectivity index (χ2v) is 5.16. The fourth-order valence-electron chi connectivity index (χ4n) is 1.55. The first-order chi connectivity index (χ1) is 8.15. The average Bonchev–Trinajstić information content (AvgIpc) is 2.66. The van der Waals surface area contributed by atoms with Gasteiger partial charge in [0.2, 0.25) is 0 Å². The third kappa shape index (κ3) is 3.39. The molecule has 1 aromatic heterocycles. The van der Waals surface area contributed by atoms with Crippen LogP contribution in [0.3, 0.4) is 0 Å². The summed E-state index contributed by atoms with van der Waals surface area (Å²) in [6, 6.07) is 0.